The van der Waals surface area contributed by atoms with Gasteiger partial charge < -0.3 is 14.4 Å². The first-order valence-electron chi connectivity index (χ1n) is 8.79. The summed E-state index contributed by atoms with van der Waals surface area (Å²) in [6, 6.07) is 2.47. The Morgan fingerprint density at radius 1 is 1.33 bits per heavy atom. The third-order valence-corrected chi connectivity index (χ3v) is 5.45. The summed E-state index contributed by atoms with van der Waals surface area (Å²) in [5.41, 5.74) is 1.86. The van der Waals surface area contributed by atoms with E-state index in [4.69, 9.17) is 9.47 Å². The van der Waals surface area contributed by atoms with Gasteiger partial charge in [0.2, 0.25) is 5.91 Å². The summed E-state index contributed by atoms with van der Waals surface area (Å²) in [6.07, 6.45) is 1.02. The van der Waals surface area contributed by atoms with Gasteiger partial charge in [0.25, 0.3) is 0 Å². The normalized spacial score (nSPS) is 26.8. The van der Waals surface area contributed by atoms with E-state index in [-0.39, 0.29) is 11.5 Å². The van der Waals surface area contributed by atoms with Crippen LogP contribution in [0.4, 0.5) is 0 Å². The molecule has 1 atom stereocenters. The minimum Gasteiger partial charge on any atom is -0.379 e. The van der Waals surface area contributed by atoms with Crippen molar-refractivity contribution in [1.82, 2.24) is 19.6 Å². The monoisotopic (exact) mass is 334 g/mol. The molecule has 0 aromatic carbocycles. The molecule has 1 aromatic rings. The Hall–Kier alpha value is -1.44. The fourth-order valence-corrected chi connectivity index (χ4v) is 4.11. The second-order valence-corrected chi connectivity index (χ2v) is 7.33. The summed E-state index contributed by atoms with van der Waals surface area (Å²) in [5, 5.41) is 4.37. The lowest BCUT2D eigenvalue weighted by molar-refractivity contribution is -0.158. The highest BCUT2D eigenvalue weighted by Gasteiger charge is 2.52. The largest absolute Gasteiger partial charge is 0.379 e. The van der Waals surface area contributed by atoms with Gasteiger partial charge in [0.15, 0.2) is 0 Å². The second kappa shape index (κ2) is 6.13. The number of rotatable bonds is 3. The number of hydrogen-bond donors (Lipinski definition) is 0. The Balaban J connectivity index is 1.29. The van der Waals surface area contributed by atoms with Crippen molar-refractivity contribution in [2.75, 3.05) is 46.0 Å². The van der Waals surface area contributed by atoms with Gasteiger partial charge in [-0.3, -0.25) is 14.4 Å². The molecular formula is C17H26N4O3. The third kappa shape index (κ3) is 2.96. The molecule has 0 N–H and O–H groups in total. The van der Waals surface area contributed by atoms with Crippen molar-refractivity contribution in [1.29, 1.82) is 0 Å². The summed E-state index contributed by atoms with van der Waals surface area (Å²) in [4.78, 5) is 16.8. The molecule has 7 heteroatoms. The number of morpholine rings is 1. The Morgan fingerprint density at radius 2 is 2.08 bits per heavy atom. The maximum atomic E-state index is 12.5. The van der Waals surface area contributed by atoms with Crippen LogP contribution < -0.4 is 0 Å². The van der Waals surface area contributed by atoms with Crippen LogP contribution in [0.3, 0.4) is 0 Å². The zero-order valence-corrected chi connectivity index (χ0v) is 14.5. The van der Waals surface area contributed by atoms with Crippen LogP contribution in [0.1, 0.15) is 17.8 Å². The van der Waals surface area contributed by atoms with Gasteiger partial charge in [0, 0.05) is 24.8 Å². The summed E-state index contributed by atoms with van der Waals surface area (Å²) in [5.74, 6) is 0.130. The zero-order valence-electron chi connectivity index (χ0n) is 14.5. The molecule has 3 fully saturated rings. The summed E-state index contributed by atoms with van der Waals surface area (Å²) in [6.45, 7) is 10.1. The number of aromatic nitrogens is 2. The van der Waals surface area contributed by atoms with Crippen molar-refractivity contribution < 1.29 is 14.3 Å². The van der Waals surface area contributed by atoms with Crippen molar-refractivity contribution in [3.63, 3.8) is 0 Å². The molecular weight excluding hydrogens is 308 g/mol. The van der Waals surface area contributed by atoms with Crippen LogP contribution in [-0.2, 0) is 20.8 Å². The smallest absolute Gasteiger partial charge is 0.244 e. The van der Waals surface area contributed by atoms with Crippen molar-refractivity contribution in [2.45, 2.75) is 38.5 Å². The number of hydrogen-bond acceptors (Lipinski definition) is 5. The SMILES string of the molecule is Cc1cc(C)n(CC(=O)N2CC3(CC(N4CCOCC4)CO3)C2)n1. The van der Waals surface area contributed by atoms with Crippen LogP contribution in [-0.4, -0.2) is 83.1 Å². The highest BCUT2D eigenvalue weighted by atomic mass is 16.5. The molecule has 1 spiro atoms. The Bertz CT molecular complexity index is 617. The van der Waals surface area contributed by atoms with E-state index in [2.05, 4.69) is 10.00 Å². The highest BCUT2D eigenvalue weighted by molar-refractivity contribution is 5.77. The van der Waals surface area contributed by atoms with Crippen molar-refractivity contribution in [3.8, 4) is 0 Å². The highest BCUT2D eigenvalue weighted by Crippen LogP contribution is 2.37. The molecule has 0 bridgehead atoms. The molecule has 0 radical (unpaired) electrons. The van der Waals surface area contributed by atoms with E-state index >= 15 is 0 Å². The number of aryl methyl sites for hydroxylation is 2. The average molecular weight is 334 g/mol. The van der Waals surface area contributed by atoms with Crippen LogP contribution in [0, 0.1) is 13.8 Å². The van der Waals surface area contributed by atoms with Gasteiger partial charge in [0.05, 0.1) is 38.6 Å². The van der Waals surface area contributed by atoms with Gasteiger partial charge in [-0.15, -0.1) is 0 Å². The molecule has 7 nitrogen and oxygen atoms in total. The first-order chi connectivity index (χ1) is 11.5. The number of likely N-dealkylation sites (tertiary alicyclic amines) is 1. The number of ether oxygens (including phenoxy) is 2. The summed E-state index contributed by atoms with van der Waals surface area (Å²) < 4.78 is 13.3. The fraction of sp³-hybridized carbons (Fsp3) is 0.765. The molecule has 0 aliphatic carbocycles. The molecule has 4 heterocycles. The predicted molar refractivity (Wildman–Crippen MR) is 87.8 cm³/mol. The number of nitrogens with zero attached hydrogens (tertiary/aromatic N) is 4. The van der Waals surface area contributed by atoms with E-state index < -0.39 is 0 Å². The van der Waals surface area contributed by atoms with Gasteiger partial charge in [-0.25, -0.2) is 0 Å². The molecule has 24 heavy (non-hydrogen) atoms. The third-order valence-electron chi connectivity index (χ3n) is 5.45. The van der Waals surface area contributed by atoms with Crippen molar-refractivity contribution in [3.05, 3.63) is 17.5 Å². The zero-order chi connectivity index (χ0) is 16.7. The van der Waals surface area contributed by atoms with Crippen LogP contribution in [0.2, 0.25) is 0 Å². The van der Waals surface area contributed by atoms with Crippen LogP contribution in [0.15, 0.2) is 6.07 Å². The van der Waals surface area contributed by atoms with E-state index in [0.29, 0.717) is 25.7 Å². The van der Waals surface area contributed by atoms with E-state index in [1.165, 1.54) is 0 Å². The van der Waals surface area contributed by atoms with Crippen molar-refractivity contribution >= 4 is 5.91 Å². The van der Waals surface area contributed by atoms with Gasteiger partial charge in [-0.1, -0.05) is 0 Å². The minimum atomic E-state index is -0.117. The maximum absolute atomic E-state index is 12.5. The first kappa shape index (κ1) is 16.1. The molecule has 1 amide bonds. The Kier molecular flexibility index (Phi) is 4.10. The minimum absolute atomic E-state index is 0.117. The number of carbonyl (C=O) groups is 1. The molecule has 3 aliphatic heterocycles. The van der Waals surface area contributed by atoms with E-state index in [0.717, 1.165) is 50.7 Å². The predicted octanol–water partition coefficient (Wildman–Crippen LogP) is 0.202. The molecule has 3 aliphatic rings. The number of amides is 1. The van der Waals surface area contributed by atoms with Crippen LogP contribution in [0.5, 0.6) is 0 Å². The molecule has 1 aromatic heterocycles. The Labute approximate surface area is 142 Å². The lowest BCUT2D eigenvalue weighted by atomic mass is 9.89. The molecule has 0 saturated carbocycles. The van der Waals surface area contributed by atoms with Crippen molar-refractivity contribution in [2.24, 2.45) is 0 Å². The summed E-state index contributed by atoms with van der Waals surface area (Å²) >= 11 is 0. The molecule has 4 rings (SSSR count). The molecule has 1 unspecified atom stereocenters. The van der Waals surface area contributed by atoms with E-state index in [9.17, 15) is 4.79 Å². The van der Waals surface area contributed by atoms with Gasteiger partial charge in [-0.05, 0) is 26.3 Å². The molecule has 132 valence electrons. The van der Waals surface area contributed by atoms with E-state index in [1.807, 2.05) is 24.8 Å². The van der Waals surface area contributed by atoms with Gasteiger partial charge in [-0.2, -0.15) is 5.10 Å². The second-order valence-electron chi connectivity index (χ2n) is 7.33. The van der Waals surface area contributed by atoms with Crippen LogP contribution in [0.25, 0.3) is 0 Å². The quantitative estimate of drug-likeness (QED) is 0.790. The Morgan fingerprint density at radius 3 is 2.75 bits per heavy atom. The standard InChI is InChI=1S/C17H26N4O3/c1-13-7-14(2)21(18-13)9-16(22)20-11-17(12-20)8-15(10-24-17)19-3-5-23-6-4-19/h7,15H,3-6,8-12H2,1-2H3. The lowest BCUT2D eigenvalue weighted by Crippen LogP contribution is -2.64. The van der Waals surface area contributed by atoms with Crippen LogP contribution >= 0.6 is 0 Å². The average Bonchev–Trinajstić information content (AvgIpc) is 3.11. The van der Waals surface area contributed by atoms with E-state index in [1.54, 1.807) is 4.68 Å². The first-order valence-corrected chi connectivity index (χ1v) is 8.79. The summed E-state index contributed by atoms with van der Waals surface area (Å²) in [7, 11) is 0. The van der Waals surface area contributed by atoms with Gasteiger partial charge >= 0.3 is 0 Å². The lowest BCUT2D eigenvalue weighted by Gasteiger charge is -2.47. The van der Waals surface area contributed by atoms with Gasteiger partial charge in [0.1, 0.15) is 12.1 Å². The fourth-order valence-electron chi connectivity index (χ4n) is 4.11. The molecule has 3 saturated heterocycles. The maximum Gasteiger partial charge on any atom is 0.244 e. The number of carbonyl (C=O) groups excluding carboxylic acids is 1. The topological polar surface area (TPSA) is 59.8 Å².